The molecular formula is C14H17NO2. The Morgan fingerprint density at radius 3 is 2.59 bits per heavy atom. The number of hydrogen-bond acceptors (Lipinski definition) is 3. The molecule has 1 aromatic rings. The number of aliphatic hydroxyl groups is 1. The summed E-state index contributed by atoms with van der Waals surface area (Å²) in [5, 5.41) is 9.37. The first kappa shape index (κ1) is 11.6. The number of hydrogen-bond donors (Lipinski definition) is 1. The topological polar surface area (TPSA) is 32.7 Å². The first-order valence-corrected chi connectivity index (χ1v) is 5.64. The van der Waals surface area contributed by atoms with Gasteiger partial charge in [-0.05, 0) is 36.8 Å². The van der Waals surface area contributed by atoms with Gasteiger partial charge in [-0.1, -0.05) is 12.1 Å². The van der Waals surface area contributed by atoms with Crippen LogP contribution in [-0.2, 0) is 6.54 Å². The van der Waals surface area contributed by atoms with Crippen molar-refractivity contribution in [3.63, 3.8) is 0 Å². The van der Waals surface area contributed by atoms with E-state index in [0.717, 1.165) is 24.5 Å². The summed E-state index contributed by atoms with van der Waals surface area (Å²) < 4.78 is 5.13. The highest BCUT2D eigenvalue weighted by Gasteiger charge is 2.10. The van der Waals surface area contributed by atoms with Crippen LogP contribution in [0.5, 0.6) is 5.75 Å². The summed E-state index contributed by atoms with van der Waals surface area (Å²) in [6.45, 7) is 3.60. The minimum atomic E-state index is 0.355. The molecule has 0 atom stereocenters. The molecule has 90 valence electrons. The molecule has 1 heterocycles. The molecule has 1 aliphatic rings. The monoisotopic (exact) mass is 231 g/mol. The Bertz CT molecular complexity index is 446. The number of aliphatic hydroxyl groups excluding tert-OH is 1. The summed E-state index contributed by atoms with van der Waals surface area (Å²) in [5.74, 6) is 1.23. The van der Waals surface area contributed by atoms with Crippen LogP contribution >= 0.6 is 0 Å². The van der Waals surface area contributed by atoms with E-state index < -0.39 is 0 Å². The minimum Gasteiger partial charge on any atom is -0.508 e. The Balaban J connectivity index is 2.04. The first-order chi connectivity index (χ1) is 8.19. The molecule has 0 fully saturated rings. The van der Waals surface area contributed by atoms with Crippen molar-refractivity contribution in [1.82, 2.24) is 4.90 Å². The fourth-order valence-corrected chi connectivity index (χ4v) is 1.85. The second-order valence-corrected chi connectivity index (χ2v) is 4.14. The number of ether oxygens (including phenoxy) is 1. The molecule has 3 nitrogen and oxygen atoms in total. The van der Waals surface area contributed by atoms with E-state index in [1.165, 1.54) is 5.56 Å². The molecule has 1 N–H and O–H groups in total. The van der Waals surface area contributed by atoms with Crippen LogP contribution in [0.3, 0.4) is 0 Å². The predicted octanol–water partition coefficient (Wildman–Crippen LogP) is 2.86. The fourth-order valence-electron chi connectivity index (χ4n) is 1.85. The molecule has 0 unspecified atom stereocenters. The van der Waals surface area contributed by atoms with Crippen LogP contribution in [-0.4, -0.2) is 23.7 Å². The lowest BCUT2D eigenvalue weighted by atomic mass is 10.1. The maximum absolute atomic E-state index is 9.37. The maximum atomic E-state index is 9.37. The third-order valence-corrected chi connectivity index (χ3v) is 2.91. The SMILES string of the molecule is COc1ccc(CN2CC=C(O)C=C2C)cc1. The van der Waals surface area contributed by atoms with Crippen molar-refractivity contribution in [1.29, 1.82) is 0 Å². The van der Waals surface area contributed by atoms with Gasteiger partial charge >= 0.3 is 0 Å². The zero-order chi connectivity index (χ0) is 12.3. The standard InChI is InChI=1S/C14H17NO2/c1-11-9-13(16)7-8-15(11)10-12-3-5-14(17-2)6-4-12/h3-7,9,16H,8,10H2,1-2H3. The highest BCUT2D eigenvalue weighted by atomic mass is 16.5. The van der Waals surface area contributed by atoms with Gasteiger partial charge in [0.2, 0.25) is 0 Å². The van der Waals surface area contributed by atoms with Crippen LogP contribution in [0.2, 0.25) is 0 Å². The number of methoxy groups -OCH3 is 1. The Kier molecular flexibility index (Phi) is 3.38. The molecule has 1 aromatic carbocycles. The summed E-state index contributed by atoms with van der Waals surface area (Å²) in [7, 11) is 1.67. The molecule has 0 saturated carbocycles. The summed E-state index contributed by atoms with van der Waals surface area (Å²) >= 11 is 0. The van der Waals surface area contributed by atoms with Crippen LogP contribution in [0, 0.1) is 0 Å². The van der Waals surface area contributed by atoms with E-state index in [9.17, 15) is 5.11 Å². The Labute approximate surface area is 102 Å². The van der Waals surface area contributed by atoms with E-state index in [1.807, 2.05) is 25.1 Å². The molecule has 0 saturated heterocycles. The number of benzene rings is 1. The van der Waals surface area contributed by atoms with Crippen molar-refractivity contribution in [2.75, 3.05) is 13.7 Å². The quantitative estimate of drug-likeness (QED) is 0.868. The molecule has 0 aliphatic carbocycles. The van der Waals surface area contributed by atoms with Gasteiger partial charge in [0, 0.05) is 18.8 Å². The molecule has 0 bridgehead atoms. The third kappa shape index (κ3) is 2.81. The molecule has 0 amide bonds. The van der Waals surface area contributed by atoms with E-state index in [4.69, 9.17) is 4.74 Å². The number of nitrogens with zero attached hydrogens (tertiary/aromatic N) is 1. The number of rotatable bonds is 3. The summed E-state index contributed by atoms with van der Waals surface area (Å²) in [4.78, 5) is 2.21. The normalized spacial score (nSPS) is 15.3. The average molecular weight is 231 g/mol. The number of allylic oxidation sites excluding steroid dienone is 2. The summed E-state index contributed by atoms with van der Waals surface area (Å²) in [5.41, 5.74) is 2.31. The van der Waals surface area contributed by atoms with E-state index in [0.29, 0.717) is 5.76 Å². The first-order valence-electron chi connectivity index (χ1n) is 5.64. The molecular weight excluding hydrogens is 214 g/mol. The Morgan fingerprint density at radius 1 is 1.29 bits per heavy atom. The van der Waals surface area contributed by atoms with E-state index >= 15 is 0 Å². The van der Waals surface area contributed by atoms with Crippen LogP contribution in [0.1, 0.15) is 12.5 Å². The summed E-state index contributed by atoms with van der Waals surface area (Å²) in [6.07, 6.45) is 3.60. The van der Waals surface area contributed by atoms with Gasteiger partial charge in [-0.2, -0.15) is 0 Å². The lowest BCUT2D eigenvalue weighted by molar-refractivity contribution is 0.342. The lowest BCUT2D eigenvalue weighted by Crippen LogP contribution is -2.24. The van der Waals surface area contributed by atoms with Crippen LogP contribution in [0.4, 0.5) is 0 Å². The minimum absolute atomic E-state index is 0.355. The van der Waals surface area contributed by atoms with Gasteiger partial charge in [0.25, 0.3) is 0 Å². The summed E-state index contributed by atoms with van der Waals surface area (Å²) in [6, 6.07) is 8.05. The van der Waals surface area contributed by atoms with Crippen LogP contribution < -0.4 is 4.74 Å². The Hall–Kier alpha value is -1.90. The molecule has 0 aromatic heterocycles. The van der Waals surface area contributed by atoms with Crippen molar-refractivity contribution in [2.24, 2.45) is 0 Å². The van der Waals surface area contributed by atoms with E-state index in [1.54, 1.807) is 13.2 Å². The van der Waals surface area contributed by atoms with Crippen LogP contribution in [0.15, 0.2) is 47.9 Å². The Morgan fingerprint density at radius 2 is 2.00 bits per heavy atom. The van der Waals surface area contributed by atoms with E-state index in [-0.39, 0.29) is 0 Å². The zero-order valence-corrected chi connectivity index (χ0v) is 10.2. The molecule has 1 aliphatic heterocycles. The van der Waals surface area contributed by atoms with Crippen LogP contribution in [0.25, 0.3) is 0 Å². The van der Waals surface area contributed by atoms with Gasteiger partial charge in [-0.3, -0.25) is 0 Å². The van der Waals surface area contributed by atoms with Gasteiger partial charge in [0.05, 0.1) is 7.11 Å². The molecule has 3 heteroatoms. The van der Waals surface area contributed by atoms with Crippen molar-refractivity contribution < 1.29 is 9.84 Å². The third-order valence-electron chi connectivity index (χ3n) is 2.91. The average Bonchev–Trinajstić information content (AvgIpc) is 2.34. The largest absolute Gasteiger partial charge is 0.508 e. The fraction of sp³-hybridized carbons (Fsp3) is 0.286. The lowest BCUT2D eigenvalue weighted by Gasteiger charge is -2.26. The second kappa shape index (κ2) is 4.95. The van der Waals surface area contributed by atoms with E-state index in [2.05, 4.69) is 17.0 Å². The van der Waals surface area contributed by atoms with Gasteiger partial charge in [0.1, 0.15) is 11.5 Å². The van der Waals surface area contributed by atoms with Crippen molar-refractivity contribution in [3.05, 3.63) is 53.4 Å². The van der Waals surface area contributed by atoms with Gasteiger partial charge in [-0.25, -0.2) is 0 Å². The highest BCUT2D eigenvalue weighted by molar-refractivity contribution is 5.28. The van der Waals surface area contributed by atoms with Gasteiger partial charge < -0.3 is 14.7 Å². The van der Waals surface area contributed by atoms with Gasteiger partial charge in [-0.15, -0.1) is 0 Å². The predicted molar refractivity (Wildman–Crippen MR) is 67.9 cm³/mol. The van der Waals surface area contributed by atoms with Crippen molar-refractivity contribution in [3.8, 4) is 5.75 Å². The van der Waals surface area contributed by atoms with Crippen molar-refractivity contribution in [2.45, 2.75) is 13.5 Å². The van der Waals surface area contributed by atoms with Crippen molar-refractivity contribution >= 4 is 0 Å². The molecule has 0 radical (unpaired) electrons. The molecule has 17 heavy (non-hydrogen) atoms. The second-order valence-electron chi connectivity index (χ2n) is 4.14. The smallest absolute Gasteiger partial charge is 0.118 e. The zero-order valence-electron chi connectivity index (χ0n) is 10.2. The molecule has 0 spiro atoms. The van der Waals surface area contributed by atoms with Gasteiger partial charge in [0.15, 0.2) is 0 Å². The highest BCUT2D eigenvalue weighted by Crippen LogP contribution is 2.18. The maximum Gasteiger partial charge on any atom is 0.118 e. The molecule has 2 rings (SSSR count).